The predicted molar refractivity (Wildman–Crippen MR) is 113 cm³/mol. The molecular weight excluding hydrogens is 386 g/mol. The number of pyridine rings is 2. The molecule has 0 aliphatic heterocycles. The van der Waals surface area contributed by atoms with Crippen molar-refractivity contribution in [2.24, 2.45) is 0 Å². The lowest BCUT2D eigenvalue weighted by atomic mass is 10.2. The van der Waals surface area contributed by atoms with Gasteiger partial charge in [0.25, 0.3) is 11.1 Å². The lowest BCUT2D eigenvalue weighted by Crippen LogP contribution is -2.15. The van der Waals surface area contributed by atoms with Crippen molar-refractivity contribution in [3.05, 3.63) is 129 Å². The number of hydrogen-bond acceptors (Lipinski definition) is 2. The summed E-state index contributed by atoms with van der Waals surface area (Å²) < 4.78 is 29.4. The molecule has 0 aliphatic rings. The normalized spacial score (nSPS) is 10.3. The van der Waals surface area contributed by atoms with Crippen molar-refractivity contribution in [2.45, 2.75) is 13.8 Å². The third-order valence-electron chi connectivity index (χ3n) is 4.51. The largest absolute Gasteiger partial charge is 0.284 e. The van der Waals surface area contributed by atoms with Gasteiger partial charge in [-0.25, -0.2) is 8.78 Å². The smallest absolute Gasteiger partial charge is 0.255 e. The van der Waals surface area contributed by atoms with E-state index in [-0.39, 0.29) is 22.8 Å². The van der Waals surface area contributed by atoms with Crippen LogP contribution in [-0.4, -0.2) is 9.13 Å². The number of aryl methyl sites for hydroxylation is 2. The van der Waals surface area contributed by atoms with Crippen molar-refractivity contribution in [1.82, 2.24) is 9.13 Å². The molecule has 0 saturated carbocycles. The second kappa shape index (κ2) is 9.13. The molecule has 2 aromatic heterocycles. The van der Waals surface area contributed by atoms with Gasteiger partial charge >= 0.3 is 0 Å². The summed E-state index contributed by atoms with van der Waals surface area (Å²) in [5, 5.41) is 0. The standard InChI is InChI=1S/2C12H10FNO/c2*1-9-5-6-10(8-11(9)13)14-7-3-2-4-12(14)15/h2*2-8H,1H3. The molecule has 4 aromatic rings. The number of benzene rings is 2. The van der Waals surface area contributed by atoms with E-state index in [9.17, 15) is 18.4 Å². The van der Waals surface area contributed by atoms with Crippen molar-refractivity contribution in [3.63, 3.8) is 0 Å². The number of rotatable bonds is 2. The molecule has 30 heavy (non-hydrogen) atoms. The first kappa shape index (κ1) is 20.9. The molecule has 0 radical (unpaired) electrons. The number of hydrogen-bond donors (Lipinski definition) is 0. The van der Waals surface area contributed by atoms with Crippen LogP contribution in [0.25, 0.3) is 11.4 Å². The minimum atomic E-state index is -0.303. The van der Waals surface area contributed by atoms with E-state index in [1.807, 2.05) is 0 Å². The third-order valence-corrected chi connectivity index (χ3v) is 4.51. The number of halogens is 2. The Hall–Kier alpha value is -3.80. The van der Waals surface area contributed by atoms with Crippen molar-refractivity contribution >= 4 is 0 Å². The minimum Gasteiger partial charge on any atom is -0.284 e. The van der Waals surface area contributed by atoms with Gasteiger partial charge in [-0.15, -0.1) is 0 Å². The van der Waals surface area contributed by atoms with Crippen LogP contribution in [0.3, 0.4) is 0 Å². The molecule has 0 unspecified atom stereocenters. The molecule has 0 atom stereocenters. The van der Waals surface area contributed by atoms with Gasteiger partial charge in [-0.1, -0.05) is 24.3 Å². The van der Waals surface area contributed by atoms with Crippen LogP contribution in [0.15, 0.2) is 94.8 Å². The Bertz CT molecular complexity index is 1190. The summed E-state index contributed by atoms with van der Waals surface area (Å²) >= 11 is 0. The van der Waals surface area contributed by atoms with E-state index in [0.717, 1.165) is 0 Å². The fourth-order valence-electron chi connectivity index (χ4n) is 2.74. The van der Waals surface area contributed by atoms with E-state index in [1.54, 1.807) is 74.8 Å². The first-order chi connectivity index (χ1) is 14.4. The Balaban J connectivity index is 0.000000171. The highest BCUT2D eigenvalue weighted by atomic mass is 19.1. The quantitative estimate of drug-likeness (QED) is 0.490. The Labute approximate surface area is 172 Å². The fourth-order valence-corrected chi connectivity index (χ4v) is 2.74. The second-order valence-corrected chi connectivity index (χ2v) is 6.68. The van der Waals surface area contributed by atoms with Crippen molar-refractivity contribution in [1.29, 1.82) is 0 Å². The van der Waals surface area contributed by atoms with Gasteiger partial charge in [-0.3, -0.25) is 18.7 Å². The molecule has 0 amide bonds. The van der Waals surface area contributed by atoms with Crippen molar-refractivity contribution in [2.75, 3.05) is 0 Å². The van der Waals surface area contributed by atoms with Crippen molar-refractivity contribution < 1.29 is 8.78 Å². The summed E-state index contributed by atoms with van der Waals surface area (Å²) in [5.41, 5.74) is 1.90. The van der Waals surface area contributed by atoms with Crippen LogP contribution in [-0.2, 0) is 0 Å². The lowest BCUT2D eigenvalue weighted by Gasteiger charge is -2.05. The van der Waals surface area contributed by atoms with Gasteiger partial charge < -0.3 is 0 Å². The van der Waals surface area contributed by atoms with Crippen molar-refractivity contribution in [3.8, 4) is 11.4 Å². The van der Waals surface area contributed by atoms with Crippen LogP contribution < -0.4 is 11.1 Å². The Morgan fingerprint density at radius 1 is 0.600 bits per heavy atom. The SMILES string of the molecule is Cc1ccc(-n2ccccc2=O)cc1F.Cc1ccc(-n2ccccc2=O)cc1F. The second-order valence-electron chi connectivity index (χ2n) is 6.68. The first-order valence-electron chi connectivity index (χ1n) is 9.25. The Morgan fingerprint density at radius 3 is 1.33 bits per heavy atom. The molecule has 0 spiro atoms. The Kier molecular flexibility index (Phi) is 6.37. The van der Waals surface area contributed by atoms with E-state index >= 15 is 0 Å². The van der Waals surface area contributed by atoms with Gasteiger partial charge in [0.1, 0.15) is 11.6 Å². The molecular formula is C24H20F2N2O2. The summed E-state index contributed by atoms with van der Waals surface area (Å²) in [6.07, 6.45) is 3.24. The van der Waals surface area contributed by atoms with Crippen LogP contribution in [0.5, 0.6) is 0 Å². The summed E-state index contributed by atoms with van der Waals surface area (Å²) in [6.45, 7) is 3.37. The monoisotopic (exact) mass is 406 g/mol. The first-order valence-corrected chi connectivity index (χ1v) is 9.25. The zero-order valence-corrected chi connectivity index (χ0v) is 16.5. The average molecular weight is 406 g/mol. The molecule has 0 aliphatic carbocycles. The van der Waals surface area contributed by atoms with E-state index in [0.29, 0.717) is 22.5 Å². The zero-order valence-electron chi connectivity index (χ0n) is 16.5. The van der Waals surface area contributed by atoms with E-state index in [1.165, 1.54) is 33.4 Å². The predicted octanol–water partition coefficient (Wildman–Crippen LogP) is 4.57. The van der Waals surface area contributed by atoms with Crippen LogP contribution in [0.1, 0.15) is 11.1 Å². The average Bonchev–Trinajstić information content (AvgIpc) is 2.73. The third kappa shape index (κ3) is 4.78. The van der Waals surface area contributed by atoms with Crippen LogP contribution in [0.4, 0.5) is 8.78 Å². The summed E-state index contributed by atoms with van der Waals surface area (Å²) in [7, 11) is 0. The van der Waals surface area contributed by atoms with Gasteiger partial charge in [0.2, 0.25) is 0 Å². The van der Waals surface area contributed by atoms with Crippen LogP contribution in [0.2, 0.25) is 0 Å². The van der Waals surface area contributed by atoms with Crippen LogP contribution in [0, 0.1) is 25.5 Å². The van der Waals surface area contributed by atoms with Crippen LogP contribution >= 0.6 is 0 Å². The zero-order chi connectivity index (χ0) is 21.7. The summed E-state index contributed by atoms with van der Waals surface area (Å²) in [4.78, 5) is 22.9. The van der Waals surface area contributed by atoms with E-state index in [2.05, 4.69) is 0 Å². The maximum Gasteiger partial charge on any atom is 0.255 e. The molecule has 2 heterocycles. The molecule has 152 valence electrons. The summed E-state index contributed by atoms with van der Waals surface area (Å²) in [6, 6.07) is 19.1. The highest BCUT2D eigenvalue weighted by Gasteiger charge is 2.03. The number of aromatic nitrogens is 2. The molecule has 6 heteroatoms. The van der Waals surface area contributed by atoms with Gasteiger partial charge in [-0.2, -0.15) is 0 Å². The van der Waals surface area contributed by atoms with E-state index < -0.39 is 0 Å². The minimum absolute atomic E-state index is 0.166. The maximum absolute atomic E-state index is 13.3. The topological polar surface area (TPSA) is 44.0 Å². The number of nitrogens with zero attached hydrogens (tertiary/aromatic N) is 2. The molecule has 0 N–H and O–H groups in total. The molecule has 4 nitrogen and oxygen atoms in total. The summed E-state index contributed by atoms with van der Waals surface area (Å²) in [5.74, 6) is -0.605. The van der Waals surface area contributed by atoms with Gasteiger partial charge in [-0.05, 0) is 61.4 Å². The molecule has 4 rings (SSSR count). The highest BCUT2D eigenvalue weighted by molar-refractivity contribution is 5.36. The van der Waals surface area contributed by atoms with Gasteiger partial charge in [0.05, 0.1) is 11.4 Å². The highest BCUT2D eigenvalue weighted by Crippen LogP contribution is 2.12. The van der Waals surface area contributed by atoms with E-state index in [4.69, 9.17) is 0 Å². The Morgan fingerprint density at radius 2 is 1.00 bits per heavy atom. The maximum atomic E-state index is 13.3. The van der Waals surface area contributed by atoms with Gasteiger partial charge in [0.15, 0.2) is 0 Å². The van der Waals surface area contributed by atoms with Gasteiger partial charge in [0, 0.05) is 24.5 Å². The molecule has 0 bridgehead atoms. The molecule has 2 aromatic carbocycles. The molecule has 0 fully saturated rings. The fraction of sp³-hybridized carbons (Fsp3) is 0.0833. The molecule has 0 saturated heterocycles. The lowest BCUT2D eigenvalue weighted by molar-refractivity contribution is 0.616.